The fraction of sp³-hybridized carbons (Fsp3) is 0.583. The van der Waals surface area contributed by atoms with Gasteiger partial charge in [0.2, 0.25) is 13.6 Å². The Morgan fingerprint density at radius 3 is 2.09 bits per heavy atom. The van der Waals surface area contributed by atoms with Crippen LogP contribution in [0.2, 0.25) is 0 Å². The maximum atomic E-state index is 11.7. The highest BCUT2D eigenvalue weighted by Gasteiger charge is 2.19. The highest BCUT2D eigenvalue weighted by molar-refractivity contribution is 7.41. The van der Waals surface area contributed by atoms with Crippen LogP contribution < -0.4 is 4.74 Å². The Morgan fingerprint density at radius 2 is 1.57 bits per heavy atom. The summed E-state index contributed by atoms with van der Waals surface area (Å²) >= 11 is 0. The number of rotatable bonds is 15. The summed E-state index contributed by atoms with van der Waals surface area (Å²) in [4.78, 5) is 25.6. The molecule has 1 aromatic carbocycles. The second-order valence-corrected chi connectivity index (χ2v) is 9.99. The number of carbonyl (C=O) groups is 2. The van der Waals surface area contributed by atoms with Crippen molar-refractivity contribution >= 4 is 31.4 Å². The van der Waals surface area contributed by atoms with Gasteiger partial charge >= 0.3 is 20.5 Å². The number of carbonyl (C=O) groups excluding carboxylic acids is 2. The van der Waals surface area contributed by atoms with Gasteiger partial charge in [-0.3, -0.25) is 23.2 Å². The molecule has 11 heteroatoms. The maximum absolute atomic E-state index is 11.7. The Hall–Kier alpha value is -2.23. The van der Waals surface area contributed by atoms with Crippen LogP contribution in [0.15, 0.2) is 24.4 Å². The van der Waals surface area contributed by atoms with Crippen molar-refractivity contribution < 1.29 is 37.4 Å². The number of ether oxygens (including phenoxy) is 3. The SMILES string of the molecule is COc1ccc2c(CCN(C)C)cn(COP(OCOC(=O)C(C)C)OCOC(=O)C(C)C)c2c1. The van der Waals surface area contributed by atoms with Crippen molar-refractivity contribution in [2.75, 3.05) is 41.3 Å². The van der Waals surface area contributed by atoms with Crippen molar-refractivity contribution in [2.45, 2.75) is 40.8 Å². The lowest BCUT2D eigenvalue weighted by molar-refractivity contribution is -0.156. The first-order valence-electron chi connectivity index (χ1n) is 11.4. The normalized spacial score (nSPS) is 11.7. The van der Waals surface area contributed by atoms with E-state index < -0.39 is 20.5 Å². The summed E-state index contributed by atoms with van der Waals surface area (Å²) < 4.78 is 34.4. The van der Waals surface area contributed by atoms with Crippen molar-refractivity contribution in [3.63, 3.8) is 0 Å². The summed E-state index contributed by atoms with van der Waals surface area (Å²) in [5.41, 5.74) is 2.10. The summed E-state index contributed by atoms with van der Waals surface area (Å²) in [6, 6.07) is 5.90. The third kappa shape index (κ3) is 9.39. The largest absolute Gasteiger partial charge is 0.497 e. The molecule has 0 aliphatic carbocycles. The highest BCUT2D eigenvalue weighted by atomic mass is 31.2. The topological polar surface area (TPSA) is 97.7 Å². The molecule has 35 heavy (non-hydrogen) atoms. The second-order valence-electron chi connectivity index (χ2n) is 8.77. The maximum Gasteiger partial charge on any atom is 0.340 e. The minimum Gasteiger partial charge on any atom is -0.497 e. The third-order valence-corrected chi connectivity index (χ3v) is 5.92. The lowest BCUT2D eigenvalue weighted by atomic mass is 10.1. The van der Waals surface area contributed by atoms with E-state index in [0.717, 1.165) is 29.6 Å². The Bertz CT molecular complexity index is 934. The molecule has 0 N–H and O–H groups in total. The van der Waals surface area contributed by atoms with E-state index >= 15 is 0 Å². The number of likely N-dealkylation sites (N-methyl/N-ethyl adjacent to an activating group) is 1. The fourth-order valence-corrected chi connectivity index (χ4v) is 3.65. The van der Waals surface area contributed by atoms with Gasteiger partial charge in [-0.15, -0.1) is 0 Å². The lowest BCUT2D eigenvalue weighted by Gasteiger charge is -2.18. The molecule has 0 fully saturated rings. The van der Waals surface area contributed by atoms with Crippen LogP contribution in [0.4, 0.5) is 0 Å². The van der Waals surface area contributed by atoms with Gasteiger partial charge in [-0.2, -0.15) is 0 Å². The molecule has 1 aromatic heterocycles. The molecule has 0 radical (unpaired) electrons. The molecule has 0 unspecified atom stereocenters. The summed E-state index contributed by atoms with van der Waals surface area (Å²) in [7, 11) is 3.71. The standard InChI is InChI=1S/C24H37N2O8P/c1-17(2)23(27)30-15-33-35(34-16-31-24(28)18(3)4)32-14-26-13-19(10-11-25(5)6)21-9-8-20(29-7)12-22(21)26/h8-9,12-13,17-18H,10-11,14-16H2,1-7H3. The fourth-order valence-electron chi connectivity index (χ4n) is 2.93. The lowest BCUT2D eigenvalue weighted by Crippen LogP contribution is -2.15. The predicted octanol–water partition coefficient (Wildman–Crippen LogP) is 4.30. The zero-order valence-electron chi connectivity index (χ0n) is 21.6. The van der Waals surface area contributed by atoms with E-state index in [1.165, 1.54) is 5.56 Å². The minimum atomic E-state index is -1.97. The van der Waals surface area contributed by atoms with Crippen LogP contribution in [0.5, 0.6) is 5.75 Å². The van der Waals surface area contributed by atoms with Crippen LogP contribution in [0.1, 0.15) is 33.3 Å². The highest BCUT2D eigenvalue weighted by Crippen LogP contribution is 2.40. The van der Waals surface area contributed by atoms with Crippen molar-refractivity contribution in [1.29, 1.82) is 0 Å². The zero-order valence-corrected chi connectivity index (χ0v) is 22.5. The second kappa shape index (κ2) is 14.4. The molecule has 0 saturated heterocycles. The van der Waals surface area contributed by atoms with Gasteiger partial charge in [-0.1, -0.05) is 27.7 Å². The van der Waals surface area contributed by atoms with Crippen LogP contribution in [0.25, 0.3) is 10.9 Å². The molecule has 0 spiro atoms. The van der Waals surface area contributed by atoms with Crippen LogP contribution in [-0.4, -0.2) is 62.7 Å². The minimum absolute atomic E-state index is 0.105. The zero-order chi connectivity index (χ0) is 26.0. The molecule has 1 heterocycles. The third-order valence-electron chi connectivity index (χ3n) is 4.96. The Kier molecular flexibility index (Phi) is 11.9. The predicted molar refractivity (Wildman–Crippen MR) is 133 cm³/mol. The molecule has 2 rings (SSSR count). The average molecular weight is 513 g/mol. The van der Waals surface area contributed by atoms with Gasteiger partial charge in [0.15, 0.2) is 0 Å². The number of methoxy groups -OCH3 is 1. The molecule has 0 aliphatic rings. The van der Waals surface area contributed by atoms with E-state index in [9.17, 15) is 9.59 Å². The van der Waals surface area contributed by atoms with E-state index in [1.54, 1.807) is 34.8 Å². The van der Waals surface area contributed by atoms with Crippen molar-refractivity contribution in [1.82, 2.24) is 9.47 Å². The van der Waals surface area contributed by atoms with Gasteiger partial charge in [0.1, 0.15) is 12.5 Å². The Morgan fingerprint density at radius 1 is 0.971 bits per heavy atom. The van der Waals surface area contributed by atoms with E-state index in [-0.39, 0.29) is 32.2 Å². The first-order valence-corrected chi connectivity index (χ1v) is 12.5. The molecule has 0 amide bonds. The molecule has 10 nitrogen and oxygen atoms in total. The number of esters is 2. The Balaban J connectivity index is 2.13. The van der Waals surface area contributed by atoms with Crippen molar-refractivity contribution in [3.8, 4) is 5.75 Å². The number of benzene rings is 1. The van der Waals surface area contributed by atoms with Gasteiger partial charge in [0, 0.05) is 24.2 Å². The first-order chi connectivity index (χ1) is 16.6. The molecule has 0 aliphatic heterocycles. The van der Waals surface area contributed by atoms with E-state index in [1.807, 2.05) is 43.1 Å². The number of hydrogen-bond donors (Lipinski definition) is 0. The first kappa shape index (κ1) is 29.0. The van der Waals surface area contributed by atoms with Crippen LogP contribution in [-0.2, 0) is 45.8 Å². The van der Waals surface area contributed by atoms with Gasteiger partial charge in [0.25, 0.3) is 0 Å². The molecule has 0 saturated carbocycles. The monoisotopic (exact) mass is 512 g/mol. The molecule has 2 aromatic rings. The van der Waals surface area contributed by atoms with Gasteiger partial charge in [-0.25, -0.2) is 0 Å². The molecule has 0 atom stereocenters. The molecule has 0 bridgehead atoms. The van der Waals surface area contributed by atoms with E-state index in [2.05, 4.69) is 4.90 Å². The quantitative estimate of drug-likeness (QED) is 0.196. The summed E-state index contributed by atoms with van der Waals surface area (Å²) in [6.07, 6.45) is 2.89. The Labute approximate surface area is 208 Å². The average Bonchev–Trinajstić information content (AvgIpc) is 3.17. The molecular formula is C24H37N2O8P. The van der Waals surface area contributed by atoms with Gasteiger partial charge < -0.3 is 23.7 Å². The number of aromatic nitrogens is 1. The number of nitrogens with zero attached hydrogens (tertiary/aromatic N) is 2. The van der Waals surface area contributed by atoms with Gasteiger partial charge in [-0.05, 0) is 38.2 Å². The van der Waals surface area contributed by atoms with E-state index in [0.29, 0.717) is 0 Å². The molecular weight excluding hydrogens is 475 g/mol. The number of hydrogen-bond acceptors (Lipinski definition) is 9. The smallest absolute Gasteiger partial charge is 0.340 e. The van der Waals surface area contributed by atoms with Crippen LogP contribution >= 0.6 is 8.60 Å². The summed E-state index contributed by atoms with van der Waals surface area (Å²) in [6.45, 7) is 7.22. The van der Waals surface area contributed by atoms with Crippen LogP contribution in [0.3, 0.4) is 0 Å². The summed E-state index contributed by atoms with van der Waals surface area (Å²) in [5, 5.41) is 1.10. The number of fused-ring (bicyclic) bond motifs is 1. The molecule has 196 valence electrons. The summed E-state index contributed by atoms with van der Waals surface area (Å²) in [5.74, 6) is -0.659. The van der Waals surface area contributed by atoms with E-state index in [4.69, 9.17) is 27.8 Å². The van der Waals surface area contributed by atoms with Crippen molar-refractivity contribution in [3.05, 3.63) is 30.0 Å². The van der Waals surface area contributed by atoms with Crippen LogP contribution in [0, 0.1) is 11.8 Å². The van der Waals surface area contributed by atoms with Crippen molar-refractivity contribution in [2.24, 2.45) is 11.8 Å². The van der Waals surface area contributed by atoms with Gasteiger partial charge in [0.05, 0.1) is 24.5 Å².